The molecular weight excluding hydrogens is 146 g/mol. The van der Waals surface area contributed by atoms with Gasteiger partial charge in [-0.25, -0.2) is 0 Å². The Labute approximate surface area is 75.6 Å². The molecule has 0 unspecified atom stereocenters. The first-order chi connectivity index (χ1) is 6.00. The van der Waals surface area contributed by atoms with E-state index >= 15 is 0 Å². The third-order valence-electron chi connectivity index (χ3n) is 2.14. The third-order valence-corrected chi connectivity index (χ3v) is 2.14. The fourth-order valence-electron chi connectivity index (χ4n) is 1.38. The quantitative estimate of drug-likeness (QED) is 0.544. The predicted molar refractivity (Wildman–Crippen MR) is 53.2 cm³/mol. The SMILES string of the molecule is C1=CCCCCCNCCCC=1. The van der Waals surface area contributed by atoms with Crippen LogP contribution in [-0.2, 0) is 0 Å². The highest BCUT2D eigenvalue weighted by molar-refractivity contribution is 4.84. The lowest BCUT2D eigenvalue weighted by molar-refractivity contribution is 0.592. The number of rotatable bonds is 0. The second-order valence-electron chi connectivity index (χ2n) is 3.32. The molecule has 0 atom stereocenters. The van der Waals surface area contributed by atoms with Crippen LogP contribution in [0.3, 0.4) is 0 Å². The summed E-state index contributed by atoms with van der Waals surface area (Å²) in [7, 11) is 0. The first-order valence-corrected chi connectivity index (χ1v) is 5.10. The van der Waals surface area contributed by atoms with Gasteiger partial charge in [0.1, 0.15) is 0 Å². The Hall–Kier alpha value is -0.520. The molecule has 0 bridgehead atoms. The van der Waals surface area contributed by atoms with Crippen LogP contribution in [0.4, 0.5) is 0 Å². The van der Waals surface area contributed by atoms with Crippen LogP contribution in [0.1, 0.15) is 38.5 Å². The van der Waals surface area contributed by atoms with Crippen molar-refractivity contribution in [2.75, 3.05) is 13.1 Å². The monoisotopic (exact) mass is 165 g/mol. The van der Waals surface area contributed by atoms with Crippen molar-refractivity contribution >= 4 is 0 Å². The van der Waals surface area contributed by atoms with Gasteiger partial charge < -0.3 is 5.32 Å². The Kier molecular flexibility index (Phi) is 5.70. The first kappa shape index (κ1) is 9.57. The van der Waals surface area contributed by atoms with Gasteiger partial charge in [-0.05, 0) is 57.3 Å². The number of hydrogen-bond acceptors (Lipinski definition) is 1. The van der Waals surface area contributed by atoms with E-state index in [-0.39, 0.29) is 0 Å². The van der Waals surface area contributed by atoms with Crippen LogP contribution >= 0.6 is 0 Å². The summed E-state index contributed by atoms with van der Waals surface area (Å²) in [5.74, 6) is 0. The van der Waals surface area contributed by atoms with E-state index in [1.165, 1.54) is 45.1 Å². The van der Waals surface area contributed by atoms with E-state index in [9.17, 15) is 0 Å². The van der Waals surface area contributed by atoms with Crippen LogP contribution in [0.15, 0.2) is 17.9 Å². The van der Waals surface area contributed by atoms with Gasteiger partial charge in [0.05, 0.1) is 0 Å². The van der Waals surface area contributed by atoms with Crippen molar-refractivity contribution in [1.82, 2.24) is 5.32 Å². The second-order valence-corrected chi connectivity index (χ2v) is 3.32. The molecule has 0 amide bonds. The molecule has 0 spiro atoms. The van der Waals surface area contributed by atoms with E-state index < -0.39 is 0 Å². The van der Waals surface area contributed by atoms with Gasteiger partial charge in [-0.3, -0.25) is 0 Å². The lowest BCUT2D eigenvalue weighted by Gasteiger charge is -2.03. The van der Waals surface area contributed by atoms with Crippen molar-refractivity contribution in [3.05, 3.63) is 17.9 Å². The van der Waals surface area contributed by atoms with Crippen LogP contribution < -0.4 is 5.32 Å². The average molecular weight is 165 g/mol. The molecule has 0 saturated carbocycles. The van der Waals surface area contributed by atoms with Crippen molar-refractivity contribution in [3.8, 4) is 0 Å². The summed E-state index contributed by atoms with van der Waals surface area (Å²) in [4.78, 5) is 0. The molecular formula is C11H19N. The van der Waals surface area contributed by atoms with Gasteiger partial charge in [0.15, 0.2) is 0 Å². The Morgan fingerprint density at radius 1 is 0.833 bits per heavy atom. The highest BCUT2D eigenvalue weighted by Gasteiger charge is 1.89. The maximum atomic E-state index is 3.45. The number of allylic oxidation sites excluding steroid dienone is 1. The molecule has 0 aromatic carbocycles. The lowest BCUT2D eigenvalue weighted by Crippen LogP contribution is -2.16. The van der Waals surface area contributed by atoms with Gasteiger partial charge in [0.25, 0.3) is 0 Å². The zero-order valence-corrected chi connectivity index (χ0v) is 7.81. The summed E-state index contributed by atoms with van der Waals surface area (Å²) < 4.78 is 0. The van der Waals surface area contributed by atoms with Crippen LogP contribution in [0.25, 0.3) is 0 Å². The topological polar surface area (TPSA) is 12.0 Å². The van der Waals surface area contributed by atoms with Crippen LogP contribution in [-0.4, -0.2) is 13.1 Å². The standard InChI is InChI=1S/C11H19N/c1-2-4-6-8-10-12-11-9-7-5-3-1/h1,5,12H,2,4,6-11H2. The van der Waals surface area contributed by atoms with Gasteiger partial charge >= 0.3 is 0 Å². The molecule has 1 aliphatic heterocycles. The first-order valence-electron chi connectivity index (χ1n) is 5.10. The molecule has 12 heavy (non-hydrogen) atoms. The molecule has 0 saturated heterocycles. The fraction of sp³-hybridized carbons (Fsp3) is 0.727. The number of hydrogen-bond donors (Lipinski definition) is 1. The molecule has 0 aromatic rings. The van der Waals surface area contributed by atoms with Crippen molar-refractivity contribution in [3.63, 3.8) is 0 Å². The summed E-state index contributed by atoms with van der Waals surface area (Å²) in [5.41, 5.74) is 3.23. The zero-order valence-electron chi connectivity index (χ0n) is 7.81. The molecule has 0 aromatic heterocycles. The van der Waals surface area contributed by atoms with Crippen molar-refractivity contribution < 1.29 is 0 Å². The molecule has 0 radical (unpaired) electrons. The van der Waals surface area contributed by atoms with Crippen molar-refractivity contribution in [2.24, 2.45) is 0 Å². The minimum absolute atomic E-state index is 1.16. The Bertz CT molecular complexity index is 140. The van der Waals surface area contributed by atoms with Gasteiger partial charge in [-0.15, -0.1) is 5.73 Å². The molecule has 1 heterocycles. The summed E-state index contributed by atoms with van der Waals surface area (Å²) >= 11 is 0. The van der Waals surface area contributed by atoms with Gasteiger partial charge in [0.2, 0.25) is 0 Å². The highest BCUT2D eigenvalue weighted by Crippen LogP contribution is 2.00. The summed E-state index contributed by atoms with van der Waals surface area (Å²) in [5, 5.41) is 3.45. The van der Waals surface area contributed by atoms with Gasteiger partial charge in [0, 0.05) is 0 Å². The molecule has 1 aliphatic rings. The Morgan fingerprint density at radius 2 is 1.58 bits per heavy atom. The molecule has 1 rings (SSSR count). The van der Waals surface area contributed by atoms with Gasteiger partial charge in [-0.2, -0.15) is 0 Å². The fourth-order valence-corrected chi connectivity index (χ4v) is 1.38. The largest absolute Gasteiger partial charge is 0.317 e. The van der Waals surface area contributed by atoms with Crippen molar-refractivity contribution in [1.29, 1.82) is 0 Å². The van der Waals surface area contributed by atoms with Crippen LogP contribution in [0.5, 0.6) is 0 Å². The highest BCUT2D eigenvalue weighted by atomic mass is 14.8. The van der Waals surface area contributed by atoms with Crippen LogP contribution in [0, 0.1) is 0 Å². The van der Waals surface area contributed by atoms with Crippen molar-refractivity contribution in [2.45, 2.75) is 38.5 Å². The van der Waals surface area contributed by atoms with Gasteiger partial charge in [-0.1, -0.05) is 6.42 Å². The molecule has 0 aliphatic carbocycles. The molecule has 1 N–H and O–H groups in total. The van der Waals surface area contributed by atoms with E-state index in [1.807, 2.05) is 0 Å². The maximum Gasteiger partial charge on any atom is -0.00457 e. The summed E-state index contributed by atoms with van der Waals surface area (Å²) in [6.45, 7) is 2.37. The van der Waals surface area contributed by atoms with E-state index in [0.29, 0.717) is 0 Å². The smallest absolute Gasteiger partial charge is 0.00457 e. The minimum atomic E-state index is 1.16. The second kappa shape index (κ2) is 7.15. The molecule has 0 fully saturated rings. The predicted octanol–water partition coefficient (Wildman–Crippen LogP) is 2.64. The Balaban J connectivity index is 2.22. The molecule has 1 nitrogen and oxygen atoms in total. The average Bonchev–Trinajstić information content (AvgIpc) is 2.05. The molecule has 1 heteroatoms. The van der Waals surface area contributed by atoms with E-state index in [2.05, 4.69) is 23.2 Å². The number of nitrogens with one attached hydrogen (secondary N) is 1. The Morgan fingerprint density at radius 3 is 2.50 bits per heavy atom. The summed E-state index contributed by atoms with van der Waals surface area (Å²) in [6, 6.07) is 0. The zero-order chi connectivity index (χ0) is 8.49. The van der Waals surface area contributed by atoms with E-state index in [4.69, 9.17) is 0 Å². The minimum Gasteiger partial charge on any atom is -0.317 e. The normalized spacial score (nSPS) is 21.3. The van der Waals surface area contributed by atoms with E-state index in [0.717, 1.165) is 6.54 Å². The molecule has 68 valence electrons. The van der Waals surface area contributed by atoms with E-state index in [1.54, 1.807) is 0 Å². The lowest BCUT2D eigenvalue weighted by atomic mass is 10.2. The third kappa shape index (κ3) is 5.17. The summed E-state index contributed by atoms with van der Waals surface area (Å²) in [6.07, 6.45) is 12.0. The van der Waals surface area contributed by atoms with Crippen LogP contribution in [0.2, 0.25) is 0 Å². The maximum absolute atomic E-state index is 3.45.